The van der Waals surface area contributed by atoms with Gasteiger partial charge in [0.1, 0.15) is 17.9 Å². The summed E-state index contributed by atoms with van der Waals surface area (Å²) >= 11 is 1.33. The lowest BCUT2D eigenvalue weighted by Gasteiger charge is -2.09. The topological polar surface area (TPSA) is 77.2 Å². The number of aromatic nitrogens is 1. The molecule has 1 amide bonds. The summed E-state index contributed by atoms with van der Waals surface area (Å²) in [6, 6.07) is 11.5. The number of benzene rings is 1. The lowest BCUT2D eigenvalue weighted by molar-refractivity contribution is 0.0955. The van der Waals surface area contributed by atoms with Crippen LogP contribution in [0.5, 0.6) is 5.75 Å². The number of ether oxygens (including phenoxy) is 1. The van der Waals surface area contributed by atoms with Crippen molar-refractivity contribution >= 4 is 28.1 Å². The molecule has 2 aromatic heterocycles. The maximum absolute atomic E-state index is 11.6. The standard InChI is InChI=1S/C15H13N3O2S/c16-18-15(19)14-11(6-8-21-14)9-20-12-5-1-3-10-4-2-7-17-13(10)12/h1-8H,9,16H2,(H,18,19). The molecule has 3 rings (SSSR count). The quantitative estimate of drug-likeness (QED) is 0.441. The number of nitrogens with one attached hydrogen (secondary N) is 1. The molecule has 0 aliphatic carbocycles. The predicted molar refractivity (Wildman–Crippen MR) is 82.0 cm³/mol. The van der Waals surface area contributed by atoms with Crippen molar-refractivity contribution in [3.63, 3.8) is 0 Å². The Morgan fingerprint density at radius 3 is 3.00 bits per heavy atom. The molecule has 0 radical (unpaired) electrons. The summed E-state index contributed by atoms with van der Waals surface area (Å²) in [6.07, 6.45) is 1.73. The summed E-state index contributed by atoms with van der Waals surface area (Å²) in [4.78, 5) is 16.5. The third kappa shape index (κ3) is 2.72. The fourth-order valence-corrected chi connectivity index (χ4v) is 2.88. The van der Waals surface area contributed by atoms with E-state index < -0.39 is 0 Å². The van der Waals surface area contributed by atoms with Gasteiger partial charge in [0, 0.05) is 17.1 Å². The molecule has 0 bridgehead atoms. The number of carbonyl (C=O) groups excluding carboxylic acids is 1. The zero-order valence-electron chi connectivity index (χ0n) is 11.1. The minimum atomic E-state index is -0.306. The third-order valence-corrected chi connectivity index (χ3v) is 4.02. The van der Waals surface area contributed by atoms with Crippen LogP contribution in [0.3, 0.4) is 0 Å². The fourth-order valence-electron chi connectivity index (χ4n) is 2.06. The Kier molecular flexibility index (Phi) is 3.81. The largest absolute Gasteiger partial charge is 0.487 e. The number of hydrazine groups is 1. The Hall–Kier alpha value is -2.44. The predicted octanol–water partition coefficient (Wildman–Crippen LogP) is 2.48. The Balaban J connectivity index is 1.84. The van der Waals surface area contributed by atoms with Gasteiger partial charge < -0.3 is 4.74 Å². The van der Waals surface area contributed by atoms with E-state index in [4.69, 9.17) is 10.6 Å². The molecular formula is C15H13N3O2S. The Morgan fingerprint density at radius 2 is 2.14 bits per heavy atom. The first kappa shape index (κ1) is 13.5. The monoisotopic (exact) mass is 299 g/mol. The van der Waals surface area contributed by atoms with E-state index >= 15 is 0 Å². The molecule has 1 aromatic carbocycles. The number of pyridine rings is 1. The number of nitrogens with zero attached hydrogens (tertiary/aromatic N) is 1. The minimum absolute atomic E-state index is 0.294. The van der Waals surface area contributed by atoms with Crippen molar-refractivity contribution in [2.24, 2.45) is 5.84 Å². The van der Waals surface area contributed by atoms with E-state index in [1.54, 1.807) is 6.20 Å². The average molecular weight is 299 g/mol. The summed E-state index contributed by atoms with van der Waals surface area (Å²) in [5, 5.41) is 2.85. The number of para-hydroxylation sites is 1. The Morgan fingerprint density at radius 1 is 1.29 bits per heavy atom. The maximum atomic E-state index is 11.6. The van der Waals surface area contributed by atoms with Crippen molar-refractivity contribution in [1.82, 2.24) is 10.4 Å². The summed E-state index contributed by atoms with van der Waals surface area (Å²) in [5.41, 5.74) is 3.75. The summed E-state index contributed by atoms with van der Waals surface area (Å²) < 4.78 is 5.82. The SMILES string of the molecule is NNC(=O)c1sccc1COc1cccc2cccnc12. The summed E-state index contributed by atoms with van der Waals surface area (Å²) in [6.45, 7) is 0.294. The van der Waals surface area contributed by atoms with Gasteiger partial charge in [0.15, 0.2) is 0 Å². The molecule has 6 heteroatoms. The molecule has 0 unspecified atom stereocenters. The van der Waals surface area contributed by atoms with E-state index in [1.807, 2.05) is 41.8 Å². The first-order chi connectivity index (χ1) is 10.3. The van der Waals surface area contributed by atoms with Gasteiger partial charge in [0.2, 0.25) is 0 Å². The van der Waals surface area contributed by atoms with Crippen LogP contribution in [0.1, 0.15) is 15.2 Å². The van der Waals surface area contributed by atoms with E-state index in [-0.39, 0.29) is 5.91 Å². The lowest BCUT2D eigenvalue weighted by atomic mass is 10.2. The minimum Gasteiger partial charge on any atom is -0.487 e. The molecule has 21 heavy (non-hydrogen) atoms. The van der Waals surface area contributed by atoms with Gasteiger partial charge >= 0.3 is 0 Å². The number of nitrogens with two attached hydrogens (primary N) is 1. The van der Waals surface area contributed by atoms with Crippen LogP contribution in [-0.2, 0) is 6.61 Å². The molecule has 5 nitrogen and oxygen atoms in total. The molecule has 0 saturated carbocycles. The van der Waals surface area contributed by atoms with Gasteiger partial charge in [-0.25, -0.2) is 5.84 Å². The van der Waals surface area contributed by atoms with Crippen LogP contribution in [0.25, 0.3) is 10.9 Å². The smallest absolute Gasteiger partial charge is 0.275 e. The van der Waals surface area contributed by atoms with Crippen molar-refractivity contribution in [1.29, 1.82) is 0 Å². The summed E-state index contributed by atoms with van der Waals surface area (Å²) in [7, 11) is 0. The van der Waals surface area contributed by atoms with Crippen LogP contribution < -0.4 is 16.0 Å². The van der Waals surface area contributed by atoms with Gasteiger partial charge in [-0.15, -0.1) is 11.3 Å². The molecule has 3 aromatic rings. The van der Waals surface area contributed by atoms with E-state index in [9.17, 15) is 4.79 Å². The third-order valence-electron chi connectivity index (χ3n) is 3.06. The molecule has 0 aliphatic heterocycles. The van der Waals surface area contributed by atoms with Crippen LogP contribution in [0.4, 0.5) is 0 Å². The highest BCUT2D eigenvalue weighted by molar-refractivity contribution is 7.12. The van der Waals surface area contributed by atoms with Crippen molar-refractivity contribution in [2.75, 3.05) is 0 Å². The normalized spacial score (nSPS) is 10.5. The second kappa shape index (κ2) is 5.90. The lowest BCUT2D eigenvalue weighted by Crippen LogP contribution is -2.30. The van der Waals surface area contributed by atoms with Gasteiger partial charge in [0.05, 0.1) is 4.88 Å². The molecule has 2 heterocycles. The molecule has 106 valence electrons. The van der Waals surface area contributed by atoms with Crippen LogP contribution in [0.15, 0.2) is 48.0 Å². The first-order valence-corrected chi connectivity index (χ1v) is 7.21. The van der Waals surface area contributed by atoms with Crippen molar-refractivity contribution in [3.05, 3.63) is 58.4 Å². The molecule has 0 atom stereocenters. The number of hydrogen-bond acceptors (Lipinski definition) is 5. The molecule has 0 aliphatic rings. The Labute approximate surface area is 125 Å². The second-order valence-electron chi connectivity index (χ2n) is 4.37. The van der Waals surface area contributed by atoms with Crippen LogP contribution in [0, 0.1) is 0 Å². The van der Waals surface area contributed by atoms with Gasteiger partial charge in [-0.3, -0.25) is 15.2 Å². The van der Waals surface area contributed by atoms with Crippen LogP contribution >= 0.6 is 11.3 Å². The van der Waals surface area contributed by atoms with Crippen LogP contribution in [-0.4, -0.2) is 10.9 Å². The van der Waals surface area contributed by atoms with Crippen molar-refractivity contribution in [3.8, 4) is 5.75 Å². The van der Waals surface area contributed by atoms with E-state index in [1.165, 1.54) is 11.3 Å². The molecule has 3 N–H and O–H groups in total. The van der Waals surface area contributed by atoms with Gasteiger partial charge in [-0.1, -0.05) is 18.2 Å². The number of rotatable bonds is 4. The molecular weight excluding hydrogens is 286 g/mol. The number of fused-ring (bicyclic) bond motifs is 1. The van der Waals surface area contributed by atoms with Crippen LogP contribution in [0.2, 0.25) is 0 Å². The van der Waals surface area contributed by atoms with Gasteiger partial charge in [-0.05, 0) is 23.6 Å². The number of nitrogen functional groups attached to an aromatic ring is 1. The highest BCUT2D eigenvalue weighted by Gasteiger charge is 2.13. The molecule has 0 fully saturated rings. The molecule has 0 spiro atoms. The highest BCUT2D eigenvalue weighted by Crippen LogP contribution is 2.25. The van der Waals surface area contributed by atoms with E-state index in [0.29, 0.717) is 17.2 Å². The van der Waals surface area contributed by atoms with E-state index in [0.717, 1.165) is 16.5 Å². The van der Waals surface area contributed by atoms with Gasteiger partial charge in [0.25, 0.3) is 5.91 Å². The highest BCUT2D eigenvalue weighted by atomic mass is 32.1. The Bertz CT molecular complexity index is 780. The summed E-state index contributed by atoms with van der Waals surface area (Å²) in [5.74, 6) is 5.56. The maximum Gasteiger partial charge on any atom is 0.275 e. The number of hydrogen-bond donors (Lipinski definition) is 2. The van der Waals surface area contributed by atoms with E-state index in [2.05, 4.69) is 10.4 Å². The zero-order chi connectivity index (χ0) is 14.7. The second-order valence-corrected chi connectivity index (χ2v) is 5.28. The van der Waals surface area contributed by atoms with Gasteiger partial charge in [-0.2, -0.15) is 0 Å². The fraction of sp³-hybridized carbons (Fsp3) is 0.0667. The van der Waals surface area contributed by atoms with Crippen molar-refractivity contribution in [2.45, 2.75) is 6.61 Å². The first-order valence-electron chi connectivity index (χ1n) is 6.33. The number of thiophene rings is 1. The number of amides is 1. The zero-order valence-corrected chi connectivity index (χ0v) is 11.9. The number of carbonyl (C=O) groups is 1. The van der Waals surface area contributed by atoms with Crippen molar-refractivity contribution < 1.29 is 9.53 Å². The average Bonchev–Trinajstić information content (AvgIpc) is 3.00. The molecule has 0 saturated heterocycles.